The third-order valence-corrected chi connectivity index (χ3v) is 6.25. The summed E-state index contributed by atoms with van der Waals surface area (Å²) in [5.41, 5.74) is 10.9. The van der Waals surface area contributed by atoms with Gasteiger partial charge in [0, 0.05) is 40.8 Å². The number of pyridine rings is 1. The summed E-state index contributed by atoms with van der Waals surface area (Å²) in [6.45, 7) is 0. The minimum Gasteiger partial charge on any atom is -0.396 e. The molecule has 0 aliphatic heterocycles. The summed E-state index contributed by atoms with van der Waals surface area (Å²) in [5, 5.41) is 28.5. The van der Waals surface area contributed by atoms with Crippen LogP contribution in [0.2, 0.25) is 0 Å². The summed E-state index contributed by atoms with van der Waals surface area (Å²) in [7, 11) is 0. The van der Waals surface area contributed by atoms with Crippen LogP contribution in [0.1, 0.15) is 42.9 Å². The summed E-state index contributed by atoms with van der Waals surface area (Å²) in [6.07, 6.45) is 6.52. The maximum atomic E-state index is 12.3. The zero-order valence-electron chi connectivity index (χ0n) is 20.1. The van der Waals surface area contributed by atoms with Crippen LogP contribution in [0.25, 0.3) is 0 Å². The predicted octanol–water partition coefficient (Wildman–Crippen LogP) is 6.05. The number of H-pyrrole nitrogens is 1. The van der Waals surface area contributed by atoms with Crippen molar-refractivity contribution in [2.24, 2.45) is 0 Å². The molecule has 10 nitrogen and oxygen atoms in total. The van der Waals surface area contributed by atoms with Crippen molar-refractivity contribution in [2.75, 3.05) is 27.0 Å². The van der Waals surface area contributed by atoms with E-state index in [0.717, 1.165) is 17.2 Å². The Kier molecular flexibility index (Phi) is 6.85. The Balaban J connectivity index is 1.19. The van der Waals surface area contributed by atoms with Crippen molar-refractivity contribution >= 4 is 46.1 Å². The number of benzene rings is 2. The lowest BCUT2D eigenvalue weighted by Crippen LogP contribution is -2.19. The number of aromatic amines is 1. The fraction of sp³-hybridized carbons (Fsp3) is 0.185. The van der Waals surface area contributed by atoms with E-state index in [2.05, 4.69) is 36.4 Å². The minimum atomic E-state index is -0.402. The van der Waals surface area contributed by atoms with Gasteiger partial charge >= 0.3 is 6.03 Å². The Hall–Kier alpha value is -5.04. The number of urea groups is 1. The number of hydrogen-bond donors (Lipinski definition) is 6. The highest BCUT2D eigenvalue weighted by atomic mass is 16.2. The average Bonchev–Trinajstić information content (AvgIpc) is 3.60. The molecule has 5 rings (SSSR count). The van der Waals surface area contributed by atoms with Crippen LogP contribution in [0, 0.1) is 11.3 Å². The van der Waals surface area contributed by atoms with E-state index in [1.54, 1.807) is 42.6 Å². The molecule has 1 saturated carbocycles. The van der Waals surface area contributed by atoms with Crippen LogP contribution in [-0.4, -0.2) is 21.2 Å². The Morgan fingerprint density at radius 2 is 1.70 bits per heavy atom. The Labute approximate surface area is 214 Å². The molecule has 2 aromatic heterocycles. The molecule has 1 aliphatic rings. The summed E-state index contributed by atoms with van der Waals surface area (Å²) >= 11 is 0. The van der Waals surface area contributed by atoms with Gasteiger partial charge in [-0.25, -0.2) is 9.78 Å². The zero-order chi connectivity index (χ0) is 25.6. The van der Waals surface area contributed by atoms with Crippen LogP contribution in [0.3, 0.4) is 0 Å². The number of rotatable bonds is 7. The smallest absolute Gasteiger partial charge is 0.323 e. The SMILES string of the molecule is N#Cc1cccc(NC(=O)Nc2ccc(Nc3cc(Nc4cc(C5CCCC5)[nH]n4)c(N)cn3)cc2)c1. The molecule has 0 unspecified atom stereocenters. The molecule has 186 valence electrons. The molecule has 0 saturated heterocycles. The van der Waals surface area contributed by atoms with Crippen molar-refractivity contribution in [3.8, 4) is 6.07 Å². The number of nitrogens with zero attached hydrogens (tertiary/aromatic N) is 3. The lowest BCUT2D eigenvalue weighted by molar-refractivity contribution is 0.262. The van der Waals surface area contributed by atoms with Gasteiger partial charge < -0.3 is 27.0 Å². The lowest BCUT2D eigenvalue weighted by Gasteiger charge is -2.12. The topological polar surface area (TPSA) is 157 Å². The van der Waals surface area contributed by atoms with Gasteiger partial charge in [-0.15, -0.1) is 0 Å². The van der Waals surface area contributed by atoms with Gasteiger partial charge in [0.1, 0.15) is 5.82 Å². The van der Waals surface area contributed by atoms with Crippen molar-refractivity contribution in [2.45, 2.75) is 31.6 Å². The molecule has 1 fully saturated rings. The fourth-order valence-electron chi connectivity index (χ4n) is 4.37. The van der Waals surface area contributed by atoms with Crippen LogP contribution in [0.4, 0.5) is 44.9 Å². The first-order valence-corrected chi connectivity index (χ1v) is 12.1. The molecule has 0 radical (unpaired) electrons. The number of amides is 2. The maximum Gasteiger partial charge on any atom is 0.323 e. The second-order valence-electron chi connectivity index (χ2n) is 8.95. The molecular weight excluding hydrogens is 466 g/mol. The number of nitriles is 1. The molecule has 2 aromatic carbocycles. The highest BCUT2D eigenvalue weighted by molar-refractivity contribution is 5.99. The molecule has 2 amide bonds. The van der Waals surface area contributed by atoms with Gasteiger partial charge in [-0.3, -0.25) is 5.10 Å². The van der Waals surface area contributed by atoms with E-state index in [0.29, 0.717) is 40.0 Å². The van der Waals surface area contributed by atoms with Gasteiger partial charge in [-0.05, 0) is 55.3 Å². The van der Waals surface area contributed by atoms with Crippen LogP contribution >= 0.6 is 0 Å². The van der Waals surface area contributed by atoms with Gasteiger partial charge in [0.05, 0.1) is 29.2 Å². The second kappa shape index (κ2) is 10.7. The Morgan fingerprint density at radius 1 is 0.946 bits per heavy atom. The number of carbonyl (C=O) groups is 1. The largest absolute Gasteiger partial charge is 0.396 e. The van der Waals surface area contributed by atoms with E-state index in [9.17, 15) is 4.79 Å². The maximum absolute atomic E-state index is 12.3. The highest BCUT2D eigenvalue weighted by Gasteiger charge is 2.19. The van der Waals surface area contributed by atoms with Gasteiger partial charge in [-0.1, -0.05) is 18.9 Å². The van der Waals surface area contributed by atoms with Gasteiger partial charge in [0.2, 0.25) is 0 Å². The van der Waals surface area contributed by atoms with Crippen LogP contribution in [-0.2, 0) is 0 Å². The highest BCUT2D eigenvalue weighted by Crippen LogP contribution is 2.34. The minimum absolute atomic E-state index is 0.402. The normalized spacial score (nSPS) is 13.1. The van der Waals surface area contributed by atoms with Crippen LogP contribution in [0.5, 0.6) is 0 Å². The van der Waals surface area contributed by atoms with Gasteiger partial charge in [0.25, 0.3) is 0 Å². The fourth-order valence-corrected chi connectivity index (χ4v) is 4.37. The number of aromatic nitrogens is 3. The number of nitrogens with one attached hydrogen (secondary N) is 5. The monoisotopic (exact) mass is 493 g/mol. The average molecular weight is 494 g/mol. The van der Waals surface area contributed by atoms with Gasteiger partial charge in [-0.2, -0.15) is 10.4 Å². The van der Waals surface area contributed by atoms with Crippen LogP contribution < -0.4 is 27.0 Å². The Morgan fingerprint density at radius 3 is 2.49 bits per heavy atom. The third kappa shape index (κ3) is 5.97. The first-order chi connectivity index (χ1) is 18.1. The van der Waals surface area contributed by atoms with E-state index >= 15 is 0 Å². The summed E-state index contributed by atoms with van der Waals surface area (Å²) < 4.78 is 0. The summed E-state index contributed by atoms with van der Waals surface area (Å²) in [4.78, 5) is 16.7. The molecule has 2 heterocycles. The van der Waals surface area contributed by atoms with Crippen molar-refractivity contribution in [3.05, 3.63) is 78.1 Å². The first-order valence-electron chi connectivity index (χ1n) is 12.1. The predicted molar refractivity (Wildman–Crippen MR) is 145 cm³/mol. The molecule has 0 atom stereocenters. The van der Waals surface area contributed by atoms with Crippen molar-refractivity contribution in [1.82, 2.24) is 15.2 Å². The molecular formula is C27H27N9O. The zero-order valence-corrected chi connectivity index (χ0v) is 20.1. The number of anilines is 7. The number of nitrogen functional groups attached to an aromatic ring is 1. The van der Waals surface area contributed by atoms with E-state index in [1.807, 2.05) is 30.3 Å². The number of carbonyl (C=O) groups excluding carboxylic acids is 1. The van der Waals surface area contributed by atoms with Crippen molar-refractivity contribution in [1.29, 1.82) is 5.26 Å². The molecule has 1 aliphatic carbocycles. The molecule has 10 heteroatoms. The third-order valence-electron chi connectivity index (χ3n) is 6.25. The lowest BCUT2D eigenvalue weighted by atomic mass is 10.0. The second-order valence-corrected chi connectivity index (χ2v) is 8.95. The molecule has 0 bridgehead atoms. The van der Waals surface area contributed by atoms with Gasteiger partial charge in [0.15, 0.2) is 5.82 Å². The molecule has 0 spiro atoms. The standard InChI is InChI=1S/C27H27N9O/c28-15-17-4-3-7-21(12-17)33-27(37)32-20-10-8-19(9-11-20)31-25-14-24(22(29)16-30-25)34-26-13-23(35-36-26)18-5-1-2-6-18/h3-4,7-14,16,18H,1-2,5-6,29H2,(H2,32,33,37)(H3,30,31,34,35,36). The van der Waals surface area contributed by atoms with Crippen molar-refractivity contribution < 1.29 is 4.79 Å². The first kappa shape index (κ1) is 23.7. The van der Waals surface area contributed by atoms with Crippen molar-refractivity contribution in [3.63, 3.8) is 0 Å². The summed E-state index contributed by atoms with van der Waals surface area (Å²) in [6, 6.07) is 19.4. The number of nitrogens with two attached hydrogens (primary N) is 1. The molecule has 4 aromatic rings. The summed E-state index contributed by atoms with van der Waals surface area (Å²) in [5.74, 6) is 1.88. The van der Waals surface area contributed by atoms with E-state index < -0.39 is 6.03 Å². The number of hydrogen-bond acceptors (Lipinski definition) is 7. The quantitative estimate of drug-likeness (QED) is 0.183. The van der Waals surface area contributed by atoms with E-state index in [4.69, 9.17) is 11.0 Å². The van der Waals surface area contributed by atoms with E-state index in [-0.39, 0.29) is 0 Å². The molecule has 7 N–H and O–H groups in total. The van der Waals surface area contributed by atoms with Crippen LogP contribution in [0.15, 0.2) is 66.9 Å². The molecule has 37 heavy (non-hydrogen) atoms. The Bertz CT molecular complexity index is 1430. The van der Waals surface area contributed by atoms with E-state index in [1.165, 1.54) is 25.7 Å².